The fraction of sp³-hybridized carbons (Fsp3) is 0.240. The molecule has 0 aliphatic heterocycles. The Balaban J connectivity index is 1.59. The van der Waals surface area contributed by atoms with E-state index in [2.05, 4.69) is 0 Å². The van der Waals surface area contributed by atoms with Crippen molar-refractivity contribution >= 4 is 5.78 Å². The van der Waals surface area contributed by atoms with Crippen LogP contribution in [0, 0.1) is 40.9 Å². The van der Waals surface area contributed by atoms with Gasteiger partial charge in [0.05, 0.1) is 5.41 Å². The number of carbonyl (C=O) groups is 1. The molecule has 5 atom stereocenters. The highest BCUT2D eigenvalue weighted by molar-refractivity contribution is 6.08. The second kappa shape index (κ2) is 6.02. The largest absolute Gasteiger partial charge is 0.293 e. The van der Waals surface area contributed by atoms with Gasteiger partial charge in [-0.2, -0.15) is 0 Å². The molecule has 31 heavy (non-hydrogen) atoms. The van der Waals surface area contributed by atoms with Crippen molar-refractivity contribution in [1.29, 1.82) is 0 Å². The molecule has 2 unspecified atom stereocenters. The summed E-state index contributed by atoms with van der Waals surface area (Å²) in [6, 6.07) is 15.9. The lowest BCUT2D eigenvalue weighted by molar-refractivity contribution is 0.0910. The van der Waals surface area contributed by atoms with Crippen molar-refractivity contribution in [2.45, 2.75) is 23.7 Å². The molecule has 0 N–H and O–H groups in total. The van der Waals surface area contributed by atoms with Crippen LogP contribution in [0.4, 0.5) is 22.0 Å². The predicted octanol–water partition coefficient (Wildman–Crippen LogP) is 6.03. The Kier molecular flexibility index (Phi) is 3.64. The van der Waals surface area contributed by atoms with Crippen LogP contribution in [0.15, 0.2) is 54.6 Å². The van der Waals surface area contributed by atoms with Gasteiger partial charge in [0.1, 0.15) is 0 Å². The molecular weight excluding hydrogens is 411 g/mol. The molecule has 6 rings (SSSR count). The number of halogens is 5. The van der Waals surface area contributed by atoms with Crippen molar-refractivity contribution in [1.82, 2.24) is 0 Å². The van der Waals surface area contributed by atoms with Gasteiger partial charge in [0.15, 0.2) is 29.1 Å². The summed E-state index contributed by atoms with van der Waals surface area (Å²) in [5.74, 6) is -11.8. The molecule has 2 bridgehead atoms. The number of benzene rings is 3. The van der Waals surface area contributed by atoms with Crippen LogP contribution in [-0.2, 0) is 5.41 Å². The van der Waals surface area contributed by atoms with Gasteiger partial charge in [0.2, 0.25) is 5.82 Å². The highest BCUT2D eigenvalue weighted by Crippen LogP contribution is 2.81. The summed E-state index contributed by atoms with van der Waals surface area (Å²) >= 11 is 0. The van der Waals surface area contributed by atoms with Crippen LogP contribution in [0.1, 0.15) is 45.3 Å². The molecule has 3 aromatic rings. The molecule has 6 heteroatoms. The van der Waals surface area contributed by atoms with E-state index in [1.54, 1.807) is 42.5 Å². The average Bonchev–Trinajstić information content (AvgIpc) is 3.35. The molecule has 0 heterocycles. The van der Waals surface area contributed by atoms with Gasteiger partial charge in [-0.15, -0.1) is 0 Å². The van der Waals surface area contributed by atoms with E-state index in [1.807, 2.05) is 12.1 Å². The summed E-state index contributed by atoms with van der Waals surface area (Å²) in [4.78, 5) is 13.7. The quantitative estimate of drug-likeness (QED) is 0.216. The van der Waals surface area contributed by atoms with Crippen molar-refractivity contribution in [2.75, 3.05) is 0 Å². The van der Waals surface area contributed by atoms with E-state index >= 15 is 0 Å². The van der Waals surface area contributed by atoms with Crippen LogP contribution in [-0.4, -0.2) is 5.78 Å². The van der Waals surface area contributed by atoms with Gasteiger partial charge in [0.25, 0.3) is 0 Å². The van der Waals surface area contributed by atoms with Gasteiger partial charge in [0, 0.05) is 17.0 Å². The highest BCUT2D eigenvalue weighted by Gasteiger charge is 2.80. The first-order chi connectivity index (χ1) is 14.9. The molecule has 3 aliphatic rings. The zero-order valence-corrected chi connectivity index (χ0v) is 16.0. The first-order valence-electron chi connectivity index (χ1n) is 10.1. The molecule has 2 saturated carbocycles. The van der Waals surface area contributed by atoms with Crippen molar-refractivity contribution in [3.05, 3.63) is 106 Å². The predicted molar refractivity (Wildman–Crippen MR) is 102 cm³/mol. The van der Waals surface area contributed by atoms with Gasteiger partial charge < -0.3 is 0 Å². The first kappa shape index (κ1) is 18.7. The summed E-state index contributed by atoms with van der Waals surface area (Å²) in [5, 5.41) is 0. The first-order valence-corrected chi connectivity index (χ1v) is 10.1. The summed E-state index contributed by atoms with van der Waals surface area (Å²) in [7, 11) is 0. The van der Waals surface area contributed by atoms with Gasteiger partial charge in [-0.1, -0.05) is 54.6 Å². The lowest BCUT2D eigenvalue weighted by Gasteiger charge is -2.39. The minimum absolute atomic E-state index is 0.164. The molecule has 0 aromatic heterocycles. The Hall–Kier alpha value is -3.02. The second-order valence-corrected chi connectivity index (χ2v) is 8.64. The van der Waals surface area contributed by atoms with E-state index in [0.29, 0.717) is 12.0 Å². The average molecular weight is 426 g/mol. The molecule has 3 aliphatic carbocycles. The zero-order valence-electron chi connectivity index (χ0n) is 16.0. The standard InChI is InChI=1S/C25H15F5O/c26-19-17(20(27)22(29)23(30)21(19)28)16-13-10-15-18(16)25(15,14-9-5-4-8-12(13)14)24(31)11-6-2-1-3-7-11/h1-9,13,15-16,18H,10H2/t13-,15-,16-,18?,25?/m1/s1. The Morgan fingerprint density at radius 2 is 1.35 bits per heavy atom. The Morgan fingerprint density at radius 3 is 2.03 bits per heavy atom. The van der Waals surface area contributed by atoms with Crippen LogP contribution in [0.2, 0.25) is 0 Å². The van der Waals surface area contributed by atoms with Crippen LogP contribution in [0.5, 0.6) is 0 Å². The Morgan fingerprint density at radius 1 is 0.774 bits per heavy atom. The number of rotatable bonds is 3. The summed E-state index contributed by atoms with van der Waals surface area (Å²) in [6.45, 7) is 0. The van der Waals surface area contributed by atoms with Gasteiger partial charge >= 0.3 is 0 Å². The summed E-state index contributed by atoms with van der Waals surface area (Å²) < 4.78 is 71.3. The third kappa shape index (κ3) is 2.08. The molecule has 2 fully saturated rings. The van der Waals surface area contributed by atoms with E-state index in [0.717, 1.165) is 11.1 Å². The number of carbonyl (C=O) groups excluding carboxylic acids is 1. The smallest absolute Gasteiger partial charge is 0.200 e. The lowest BCUT2D eigenvalue weighted by atomic mass is 9.63. The summed E-state index contributed by atoms with van der Waals surface area (Å²) in [5.41, 5.74) is 0.255. The minimum Gasteiger partial charge on any atom is -0.293 e. The van der Waals surface area contributed by atoms with Crippen molar-refractivity contribution in [3.63, 3.8) is 0 Å². The maximum atomic E-state index is 14.8. The molecule has 0 saturated heterocycles. The molecule has 156 valence electrons. The molecule has 3 aromatic carbocycles. The SMILES string of the molecule is O=C(c1ccccc1)C12c3ccccc3[C@H]3C[C@@H]1C2[C@H]3c1c(F)c(F)c(F)c(F)c1F. The van der Waals surface area contributed by atoms with Crippen LogP contribution in [0.3, 0.4) is 0 Å². The normalized spacial score (nSPS) is 29.6. The number of ketones is 1. The molecule has 0 amide bonds. The van der Waals surface area contributed by atoms with E-state index < -0.39 is 57.8 Å². The van der Waals surface area contributed by atoms with Crippen molar-refractivity contribution < 1.29 is 26.7 Å². The van der Waals surface area contributed by atoms with Crippen LogP contribution >= 0.6 is 0 Å². The third-order valence-electron chi connectivity index (χ3n) is 7.56. The number of fused-ring (bicyclic) bond motifs is 5. The van der Waals surface area contributed by atoms with Crippen LogP contribution < -0.4 is 0 Å². The van der Waals surface area contributed by atoms with E-state index in [9.17, 15) is 26.7 Å². The third-order valence-corrected chi connectivity index (χ3v) is 7.56. The van der Waals surface area contributed by atoms with E-state index in [4.69, 9.17) is 0 Å². The van der Waals surface area contributed by atoms with Gasteiger partial charge in [-0.25, -0.2) is 22.0 Å². The van der Waals surface area contributed by atoms with E-state index in [-0.39, 0.29) is 11.7 Å². The fourth-order valence-electron chi connectivity index (χ4n) is 6.49. The molecule has 0 radical (unpaired) electrons. The number of Topliss-reactive ketones (excluding diaryl/α,β-unsaturated/α-hetero) is 1. The number of hydrogen-bond donors (Lipinski definition) is 0. The second-order valence-electron chi connectivity index (χ2n) is 8.64. The topological polar surface area (TPSA) is 17.1 Å². The molecular formula is C25H15F5O. The van der Waals surface area contributed by atoms with E-state index in [1.165, 1.54) is 0 Å². The Labute approximate surface area is 174 Å². The van der Waals surface area contributed by atoms with Crippen molar-refractivity contribution in [3.8, 4) is 0 Å². The van der Waals surface area contributed by atoms with Crippen LogP contribution in [0.25, 0.3) is 0 Å². The minimum atomic E-state index is -2.16. The molecule has 1 nitrogen and oxygen atoms in total. The monoisotopic (exact) mass is 426 g/mol. The highest BCUT2D eigenvalue weighted by atomic mass is 19.2. The summed E-state index contributed by atoms with van der Waals surface area (Å²) in [6.07, 6.45) is 0.477. The maximum absolute atomic E-state index is 14.8. The van der Waals surface area contributed by atoms with Gasteiger partial charge in [-0.3, -0.25) is 4.79 Å². The zero-order chi connectivity index (χ0) is 21.7. The fourth-order valence-corrected chi connectivity index (χ4v) is 6.49. The molecule has 0 spiro atoms. The van der Waals surface area contributed by atoms with Gasteiger partial charge in [-0.05, 0) is 35.3 Å². The maximum Gasteiger partial charge on any atom is 0.200 e. The number of hydrogen-bond acceptors (Lipinski definition) is 1. The Bertz CT molecular complexity index is 1240. The lowest BCUT2D eigenvalue weighted by Crippen LogP contribution is -2.37. The van der Waals surface area contributed by atoms with Crippen molar-refractivity contribution in [2.24, 2.45) is 11.8 Å².